The second-order valence-corrected chi connectivity index (χ2v) is 8.18. The minimum absolute atomic E-state index is 0.0823. The monoisotopic (exact) mass is 380 g/mol. The molecule has 0 radical (unpaired) electrons. The van der Waals surface area contributed by atoms with E-state index in [0.29, 0.717) is 0 Å². The van der Waals surface area contributed by atoms with Gasteiger partial charge in [0.2, 0.25) is 5.91 Å². The summed E-state index contributed by atoms with van der Waals surface area (Å²) in [6.45, 7) is 2.09. The van der Waals surface area contributed by atoms with Crippen molar-refractivity contribution in [2.24, 2.45) is 5.92 Å². The molecule has 0 bridgehead atoms. The third-order valence-electron chi connectivity index (χ3n) is 6.13. The lowest BCUT2D eigenvalue weighted by molar-refractivity contribution is -0.120. The summed E-state index contributed by atoms with van der Waals surface area (Å²) < 4.78 is 0. The zero-order valence-corrected chi connectivity index (χ0v) is 16.8. The number of aromatic nitrogens is 2. The topological polar surface area (TPSA) is 61.0 Å². The van der Waals surface area contributed by atoms with Crippen molar-refractivity contribution < 1.29 is 4.79 Å². The van der Waals surface area contributed by atoms with Gasteiger partial charge < -0.3 is 15.2 Å². The predicted molar refractivity (Wildman–Crippen MR) is 116 cm³/mol. The number of rotatable bonds is 3. The van der Waals surface area contributed by atoms with E-state index in [1.54, 1.807) is 0 Å². The minimum Gasteiger partial charge on any atom is -0.369 e. The number of H-pyrrole nitrogens is 1. The van der Waals surface area contributed by atoms with Gasteiger partial charge in [0.15, 0.2) is 0 Å². The first-order chi connectivity index (χ1) is 13.8. The molecule has 3 heterocycles. The Morgan fingerprint density at radius 3 is 2.75 bits per heavy atom. The Morgan fingerprint density at radius 2 is 1.86 bits per heavy atom. The molecule has 2 aromatic heterocycles. The number of carbonyl (C=O) groups excluding carboxylic acids is 1. The van der Waals surface area contributed by atoms with E-state index in [-0.39, 0.29) is 11.8 Å². The quantitative estimate of drug-likeness (QED) is 0.700. The molecule has 0 saturated carbocycles. The molecule has 150 valence electrons. The predicted octanol–water partition coefficient (Wildman–Crippen LogP) is 5.41. The Bertz CT molecular complexity index is 819. The summed E-state index contributed by atoms with van der Waals surface area (Å²) in [5, 5.41) is 4.37. The number of allylic oxidation sites excluding steroid dienone is 2. The molecule has 2 aliphatic rings. The number of pyridine rings is 1. The third kappa shape index (κ3) is 4.40. The maximum absolute atomic E-state index is 13.2. The number of amides is 1. The SMILES string of the molecule is O=C(Nc1cnc2[nH]ccc2c1N1CCCCC1)C1CC/C=C\CCCCC1. The molecule has 2 N–H and O–H groups in total. The normalized spacial score (nSPS) is 22.7. The van der Waals surface area contributed by atoms with Crippen LogP contribution in [0, 0.1) is 5.92 Å². The number of anilines is 2. The Kier molecular flexibility index (Phi) is 6.30. The standard InChI is InChI=1S/C23H32N4O/c28-23(18-11-7-4-2-1-3-5-8-12-18)26-20-17-25-22-19(13-14-24-22)21(20)27-15-9-6-10-16-27/h2,4,13-14,17-18H,1,3,5-12,15-16H2,(H,24,25)(H,26,28)/b4-2-. The zero-order valence-electron chi connectivity index (χ0n) is 16.8. The Hall–Kier alpha value is -2.30. The van der Waals surface area contributed by atoms with Crippen LogP contribution in [0.2, 0.25) is 0 Å². The molecule has 1 atom stereocenters. The van der Waals surface area contributed by atoms with Crippen LogP contribution in [0.5, 0.6) is 0 Å². The van der Waals surface area contributed by atoms with E-state index in [1.165, 1.54) is 38.5 Å². The van der Waals surface area contributed by atoms with Gasteiger partial charge in [-0.25, -0.2) is 4.98 Å². The highest BCUT2D eigenvalue weighted by Crippen LogP contribution is 2.35. The minimum atomic E-state index is 0.0823. The summed E-state index contributed by atoms with van der Waals surface area (Å²) in [6, 6.07) is 2.08. The van der Waals surface area contributed by atoms with Crippen molar-refractivity contribution in [1.82, 2.24) is 9.97 Å². The highest BCUT2D eigenvalue weighted by atomic mass is 16.1. The van der Waals surface area contributed by atoms with Crippen molar-refractivity contribution in [3.05, 3.63) is 30.6 Å². The van der Waals surface area contributed by atoms with Crippen LogP contribution < -0.4 is 10.2 Å². The lowest BCUT2D eigenvalue weighted by Gasteiger charge is -2.31. The van der Waals surface area contributed by atoms with Gasteiger partial charge in [-0.2, -0.15) is 0 Å². The molecule has 5 nitrogen and oxygen atoms in total. The highest BCUT2D eigenvalue weighted by Gasteiger charge is 2.23. The van der Waals surface area contributed by atoms with Crippen LogP contribution >= 0.6 is 0 Å². The van der Waals surface area contributed by atoms with Gasteiger partial charge in [0.1, 0.15) is 5.65 Å². The summed E-state index contributed by atoms with van der Waals surface area (Å²) >= 11 is 0. The molecule has 0 spiro atoms. The molecular weight excluding hydrogens is 348 g/mol. The summed E-state index contributed by atoms with van der Waals surface area (Å²) in [5.41, 5.74) is 2.90. The van der Waals surface area contributed by atoms with Gasteiger partial charge in [-0.3, -0.25) is 4.79 Å². The second kappa shape index (κ2) is 9.26. The maximum Gasteiger partial charge on any atom is 0.227 e. The molecule has 5 heteroatoms. The average Bonchev–Trinajstić information content (AvgIpc) is 3.21. The van der Waals surface area contributed by atoms with Gasteiger partial charge in [-0.05, 0) is 57.4 Å². The number of nitrogens with zero attached hydrogens (tertiary/aromatic N) is 2. The van der Waals surface area contributed by atoms with Gasteiger partial charge in [0.05, 0.1) is 17.6 Å². The van der Waals surface area contributed by atoms with E-state index in [1.807, 2.05) is 12.4 Å². The average molecular weight is 381 g/mol. The molecule has 1 amide bonds. The first-order valence-electron chi connectivity index (χ1n) is 11.0. The van der Waals surface area contributed by atoms with E-state index in [2.05, 4.69) is 38.4 Å². The summed E-state index contributed by atoms with van der Waals surface area (Å²) in [6.07, 6.45) is 19.7. The van der Waals surface area contributed by atoms with Gasteiger partial charge in [-0.1, -0.05) is 25.0 Å². The molecule has 1 saturated heterocycles. The number of fused-ring (bicyclic) bond motifs is 1. The molecule has 0 aromatic carbocycles. The van der Waals surface area contributed by atoms with Crippen molar-refractivity contribution in [3.63, 3.8) is 0 Å². The number of carbonyl (C=O) groups is 1. The van der Waals surface area contributed by atoms with Crippen LogP contribution in [0.1, 0.15) is 64.2 Å². The van der Waals surface area contributed by atoms with E-state index >= 15 is 0 Å². The Labute approximate surface area is 167 Å². The fourth-order valence-corrected chi connectivity index (χ4v) is 4.55. The van der Waals surface area contributed by atoms with Crippen molar-refractivity contribution in [2.75, 3.05) is 23.3 Å². The highest BCUT2D eigenvalue weighted by molar-refractivity contribution is 6.03. The number of piperidine rings is 1. The summed E-state index contributed by atoms with van der Waals surface area (Å²) in [4.78, 5) is 23.3. The maximum atomic E-state index is 13.2. The fourth-order valence-electron chi connectivity index (χ4n) is 4.55. The van der Waals surface area contributed by atoms with Gasteiger partial charge in [0, 0.05) is 30.6 Å². The second-order valence-electron chi connectivity index (χ2n) is 8.18. The summed E-state index contributed by atoms with van der Waals surface area (Å²) in [5.74, 6) is 0.239. The van der Waals surface area contributed by atoms with Crippen LogP contribution in [-0.2, 0) is 4.79 Å². The van der Waals surface area contributed by atoms with E-state index < -0.39 is 0 Å². The van der Waals surface area contributed by atoms with Crippen LogP contribution in [0.4, 0.5) is 11.4 Å². The number of hydrogen-bond donors (Lipinski definition) is 2. The van der Waals surface area contributed by atoms with E-state index in [0.717, 1.165) is 61.2 Å². The first kappa shape index (κ1) is 19.0. The van der Waals surface area contributed by atoms with Crippen LogP contribution in [0.25, 0.3) is 11.0 Å². The van der Waals surface area contributed by atoms with Crippen molar-refractivity contribution >= 4 is 28.3 Å². The molecule has 4 rings (SSSR count). The molecular formula is C23H32N4O. The van der Waals surface area contributed by atoms with Crippen LogP contribution in [0.3, 0.4) is 0 Å². The van der Waals surface area contributed by atoms with E-state index in [4.69, 9.17) is 0 Å². The smallest absolute Gasteiger partial charge is 0.227 e. The zero-order chi connectivity index (χ0) is 19.2. The Morgan fingerprint density at radius 1 is 1.04 bits per heavy atom. The lowest BCUT2D eigenvalue weighted by Crippen LogP contribution is -2.31. The van der Waals surface area contributed by atoms with E-state index in [9.17, 15) is 4.79 Å². The van der Waals surface area contributed by atoms with Crippen molar-refractivity contribution in [3.8, 4) is 0 Å². The molecule has 28 heavy (non-hydrogen) atoms. The summed E-state index contributed by atoms with van der Waals surface area (Å²) in [7, 11) is 0. The molecule has 2 aromatic rings. The third-order valence-corrected chi connectivity index (χ3v) is 6.13. The Balaban J connectivity index is 1.56. The first-order valence-corrected chi connectivity index (χ1v) is 11.0. The molecule has 1 unspecified atom stereocenters. The van der Waals surface area contributed by atoms with Gasteiger partial charge in [0.25, 0.3) is 0 Å². The molecule has 1 fully saturated rings. The van der Waals surface area contributed by atoms with Gasteiger partial charge in [-0.15, -0.1) is 0 Å². The number of nitrogens with one attached hydrogen (secondary N) is 2. The largest absolute Gasteiger partial charge is 0.369 e. The van der Waals surface area contributed by atoms with Crippen LogP contribution in [-0.4, -0.2) is 29.0 Å². The molecule has 1 aliphatic carbocycles. The molecule has 1 aliphatic heterocycles. The van der Waals surface area contributed by atoms with Crippen molar-refractivity contribution in [2.45, 2.75) is 64.2 Å². The lowest BCUT2D eigenvalue weighted by atomic mass is 9.93. The fraction of sp³-hybridized carbons (Fsp3) is 0.565. The number of hydrogen-bond acceptors (Lipinski definition) is 3. The van der Waals surface area contributed by atoms with Crippen molar-refractivity contribution in [1.29, 1.82) is 0 Å². The van der Waals surface area contributed by atoms with Crippen LogP contribution in [0.15, 0.2) is 30.6 Å². The number of aromatic amines is 1. The van der Waals surface area contributed by atoms with Gasteiger partial charge >= 0.3 is 0 Å².